The standard InChI is InChI=1S/C6H7N3/c1-9-3-2-5(4-7)6(9)8/h2-3H,8H2,1H3. The summed E-state index contributed by atoms with van der Waals surface area (Å²) in [4.78, 5) is 0. The molecule has 0 aliphatic rings. The molecule has 0 aromatic carbocycles. The van der Waals surface area contributed by atoms with Gasteiger partial charge < -0.3 is 10.3 Å². The topological polar surface area (TPSA) is 54.7 Å². The first-order valence-electron chi connectivity index (χ1n) is 2.56. The highest BCUT2D eigenvalue weighted by Gasteiger charge is 1.98. The Labute approximate surface area is 53.3 Å². The predicted molar refractivity (Wildman–Crippen MR) is 34.5 cm³/mol. The molecule has 46 valence electrons. The van der Waals surface area contributed by atoms with Crippen LogP contribution in [0.2, 0.25) is 0 Å². The van der Waals surface area contributed by atoms with Crippen molar-refractivity contribution in [3.8, 4) is 6.07 Å². The van der Waals surface area contributed by atoms with Crippen LogP contribution in [0.3, 0.4) is 0 Å². The van der Waals surface area contributed by atoms with Crippen LogP contribution in [-0.2, 0) is 7.05 Å². The second kappa shape index (κ2) is 1.82. The Kier molecular flexibility index (Phi) is 1.16. The zero-order valence-electron chi connectivity index (χ0n) is 5.13. The summed E-state index contributed by atoms with van der Waals surface area (Å²) in [5, 5.41) is 8.39. The van der Waals surface area contributed by atoms with E-state index < -0.39 is 0 Å². The molecule has 0 aliphatic heterocycles. The molecule has 1 rings (SSSR count). The van der Waals surface area contributed by atoms with Crippen molar-refractivity contribution in [2.24, 2.45) is 7.05 Å². The first-order valence-corrected chi connectivity index (χ1v) is 2.56. The predicted octanol–water partition coefficient (Wildman–Crippen LogP) is 0.479. The van der Waals surface area contributed by atoms with Gasteiger partial charge in [0.1, 0.15) is 11.9 Å². The van der Waals surface area contributed by atoms with Gasteiger partial charge in [-0.15, -0.1) is 0 Å². The summed E-state index contributed by atoms with van der Waals surface area (Å²) in [6.07, 6.45) is 1.76. The van der Waals surface area contributed by atoms with Crippen molar-refractivity contribution in [2.45, 2.75) is 0 Å². The molecule has 1 heterocycles. The lowest BCUT2D eigenvalue weighted by Gasteiger charge is -1.92. The van der Waals surface area contributed by atoms with Gasteiger partial charge in [-0.05, 0) is 6.07 Å². The maximum atomic E-state index is 8.39. The summed E-state index contributed by atoms with van der Waals surface area (Å²) in [5.74, 6) is 0.525. The molecule has 0 fully saturated rings. The number of hydrogen-bond acceptors (Lipinski definition) is 2. The molecule has 1 aromatic heterocycles. The molecule has 1 aromatic rings. The van der Waals surface area contributed by atoms with Crippen molar-refractivity contribution in [1.82, 2.24) is 4.57 Å². The van der Waals surface area contributed by atoms with Crippen molar-refractivity contribution in [3.05, 3.63) is 17.8 Å². The summed E-state index contributed by atoms with van der Waals surface area (Å²) >= 11 is 0. The summed E-state index contributed by atoms with van der Waals surface area (Å²) < 4.78 is 1.71. The average molecular weight is 121 g/mol. The zero-order chi connectivity index (χ0) is 6.85. The maximum absolute atomic E-state index is 8.39. The van der Waals surface area contributed by atoms with Gasteiger partial charge in [-0.3, -0.25) is 0 Å². The van der Waals surface area contributed by atoms with Gasteiger partial charge in [-0.25, -0.2) is 0 Å². The number of aryl methyl sites for hydroxylation is 1. The highest BCUT2D eigenvalue weighted by Crippen LogP contribution is 2.08. The van der Waals surface area contributed by atoms with Crippen molar-refractivity contribution < 1.29 is 0 Å². The van der Waals surface area contributed by atoms with Crippen molar-refractivity contribution in [3.63, 3.8) is 0 Å². The van der Waals surface area contributed by atoms with E-state index in [-0.39, 0.29) is 0 Å². The molecule has 0 radical (unpaired) electrons. The molecule has 0 bridgehead atoms. The highest BCUT2D eigenvalue weighted by atomic mass is 15.0. The molecule has 9 heavy (non-hydrogen) atoms. The fourth-order valence-corrected chi connectivity index (χ4v) is 0.637. The summed E-state index contributed by atoms with van der Waals surface area (Å²) in [7, 11) is 1.80. The van der Waals surface area contributed by atoms with Crippen LogP contribution in [0.4, 0.5) is 5.82 Å². The second-order valence-corrected chi connectivity index (χ2v) is 1.84. The van der Waals surface area contributed by atoms with Crippen molar-refractivity contribution in [2.75, 3.05) is 5.73 Å². The third-order valence-corrected chi connectivity index (χ3v) is 1.24. The molecular weight excluding hydrogens is 114 g/mol. The third-order valence-electron chi connectivity index (χ3n) is 1.24. The van der Waals surface area contributed by atoms with Crippen LogP contribution >= 0.6 is 0 Å². The monoisotopic (exact) mass is 121 g/mol. The fraction of sp³-hybridized carbons (Fsp3) is 0.167. The minimum absolute atomic E-state index is 0.525. The van der Waals surface area contributed by atoms with Crippen LogP contribution in [0.15, 0.2) is 12.3 Å². The van der Waals surface area contributed by atoms with E-state index in [0.29, 0.717) is 11.4 Å². The number of nitrogens with two attached hydrogens (primary N) is 1. The van der Waals surface area contributed by atoms with Crippen LogP contribution in [0.25, 0.3) is 0 Å². The smallest absolute Gasteiger partial charge is 0.121 e. The Morgan fingerprint density at radius 2 is 2.44 bits per heavy atom. The van der Waals surface area contributed by atoms with E-state index in [1.807, 2.05) is 6.07 Å². The van der Waals surface area contributed by atoms with Crippen molar-refractivity contribution in [1.29, 1.82) is 5.26 Å². The number of nitrogen functional groups attached to an aromatic ring is 1. The quantitative estimate of drug-likeness (QED) is 0.542. The van der Waals surface area contributed by atoms with Crippen LogP contribution in [-0.4, -0.2) is 4.57 Å². The molecule has 3 nitrogen and oxygen atoms in total. The molecule has 0 unspecified atom stereocenters. The number of nitriles is 1. The lowest BCUT2D eigenvalue weighted by Crippen LogP contribution is -1.95. The normalized spacial score (nSPS) is 8.89. The van der Waals surface area contributed by atoms with Crippen LogP contribution in [0.5, 0.6) is 0 Å². The van der Waals surface area contributed by atoms with E-state index in [4.69, 9.17) is 11.0 Å². The summed E-state index contributed by atoms with van der Waals surface area (Å²) in [6.45, 7) is 0. The lowest BCUT2D eigenvalue weighted by molar-refractivity contribution is 0.940. The van der Waals surface area contributed by atoms with Gasteiger partial charge in [0.05, 0.1) is 5.56 Å². The zero-order valence-corrected chi connectivity index (χ0v) is 5.13. The largest absolute Gasteiger partial charge is 0.384 e. The number of nitrogens with zero attached hydrogens (tertiary/aromatic N) is 2. The molecule has 0 saturated heterocycles. The SMILES string of the molecule is Cn1ccc(C#N)c1N. The lowest BCUT2D eigenvalue weighted by atomic mass is 10.3. The Morgan fingerprint density at radius 3 is 2.67 bits per heavy atom. The van der Waals surface area contributed by atoms with E-state index in [1.54, 1.807) is 23.9 Å². The van der Waals surface area contributed by atoms with Gasteiger partial charge in [0.25, 0.3) is 0 Å². The minimum atomic E-state index is 0.525. The summed E-state index contributed by atoms with van der Waals surface area (Å²) in [5.41, 5.74) is 5.99. The van der Waals surface area contributed by atoms with E-state index in [0.717, 1.165) is 0 Å². The average Bonchev–Trinajstić information content (AvgIpc) is 2.15. The summed E-state index contributed by atoms with van der Waals surface area (Å²) in [6, 6.07) is 3.66. The Bertz CT molecular complexity index is 254. The van der Waals surface area contributed by atoms with Gasteiger partial charge >= 0.3 is 0 Å². The van der Waals surface area contributed by atoms with Gasteiger partial charge in [0.15, 0.2) is 0 Å². The molecule has 0 spiro atoms. The number of rotatable bonds is 0. The maximum Gasteiger partial charge on any atom is 0.121 e. The second-order valence-electron chi connectivity index (χ2n) is 1.84. The first-order chi connectivity index (χ1) is 4.25. The van der Waals surface area contributed by atoms with Gasteiger partial charge in [-0.1, -0.05) is 0 Å². The Hall–Kier alpha value is -1.43. The molecule has 0 amide bonds. The number of hydrogen-bond donors (Lipinski definition) is 1. The molecule has 0 atom stereocenters. The number of anilines is 1. The van der Waals surface area contributed by atoms with Gasteiger partial charge in [-0.2, -0.15) is 5.26 Å². The van der Waals surface area contributed by atoms with E-state index in [1.165, 1.54) is 0 Å². The highest BCUT2D eigenvalue weighted by molar-refractivity contribution is 5.49. The van der Waals surface area contributed by atoms with E-state index >= 15 is 0 Å². The van der Waals surface area contributed by atoms with Gasteiger partial charge in [0.2, 0.25) is 0 Å². The molecule has 2 N–H and O–H groups in total. The molecule has 0 aliphatic carbocycles. The van der Waals surface area contributed by atoms with E-state index in [9.17, 15) is 0 Å². The van der Waals surface area contributed by atoms with E-state index in [2.05, 4.69) is 0 Å². The fourth-order valence-electron chi connectivity index (χ4n) is 0.637. The third kappa shape index (κ3) is 0.745. The first kappa shape index (κ1) is 5.70. The Morgan fingerprint density at radius 1 is 1.78 bits per heavy atom. The molecular formula is C6H7N3. The molecule has 3 heteroatoms. The number of aromatic nitrogens is 1. The van der Waals surface area contributed by atoms with Gasteiger partial charge in [0, 0.05) is 13.2 Å². The Balaban J connectivity index is 3.24. The molecule has 0 saturated carbocycles. The van der Waals surface area contributed by atoms with Crippen LogP contribution < -0.4 is 5.73 Å². The van der Waals surface area contributed by atoms with Crippen LogP contribution in [0.1, 0.15) is 5.56 Å². The minimum Gasteiger partial charge on any atom is -0.384 e. The van der Waals surface area contributed by atoms with Crippen LogP contribution in [0, 0.1) is 11.3 Å². The van der Waals surface area contributed by atoms with Crippen molar-refractivity contribution >= 4 is 5.82 Å².